The van der Waals surface area contributed by atoms with Gasteiger partial charge in [-0.05, 0) is 49.4 Å². The molecular formula is C27H34N4O2. The second-order valence-electron chi connectivity index (χ2n) is 8.71. The molecule has 0 amide bonds. The number of ether oxygens (including phenoxy) is 2. The summed E-state index contributed by atoms with van der Waals surface area (Å²) in [5.41, 5.74) is 5.70. The maximum atomic E-state index is 5.46. The maximum absolute atomic E-state index is 5.46. The average Bonchev–Trinajstić information content (AvgIpc) is 3.05. The van der Waals surface area contributed by atoms with Crippen LogP contribution in [0.5, 0.6) is 11.6 Å². The number of nitrogens with zero attached hydrogens (tertiary/aromatic N) is 4. The van der Waals surface area contributed by atoms with Gasteiger partial charge < -0.3 is 19.3 Å². The second-order valence-corrected chi connectivity index (χ2v) is 8.71. The van der Waals surface area contributed by atoms with Gasteiger partial charge >= 0.3 is 0 Å². The molecule has 0 saturated carbocycles. The van der Waals surface area contributed by atoms with Gasteiger partial charge in [-0.1, -0.05) is 24.3 Å². The summed E-state index contributed by atoms with van der Waals surface area (Å²) in [5.74, 6) is 1.53. The summed E-state index contributed by atoms with van der Waals surface area (Å²) < 4.78 is 10.8. The van der Waals surface area contributed by atoms with Gasteiger partial charge in [-0.3, -0.25) is 4.90 Å². The number of methoxy groups -OCH3 is 2. The topological polar surface area (TPSA) is 41.1 Å². The Morgan fingerprint density at radius 2 is 1.58 bits per heavy atom. The molecule has 0 radical (unpaired) electrons. The summed E-state index contributed by atoms with van der Waals surface area (Å²) in [6.45, 7) is 2.87. The molecule has 3 aromatic rings. The van der Waals surface area contributed by atoms with E-state index in [2.05, 4.69) is 90.4 Å². The Labute approximate surface area is 197 Å². The third kappa shape index (κ3) is 5.06. The van der Waals surface area contributed by atoms with Gasteiger partial charge in [0.25, 0.3) is 0 Å². The van der Waals surface area contributed by atoms with E-state index in [1.165, 1.54) is 11.3 Å². The van der Waals surface area contributed by atoms with Crippen LogP contribution in [0.15, 0.2) is 60.7 Å². The van der Waals surface area contributed by atoms with Crippen molar-refractivity contribution in [2.75, 3.05) is 64.8 Å². The Bertz CT molecular complexity index is 1050. The largest absolute Gasteiger partial charge is 0.497 e. The molecule has 1 atom stereocenters. The van der Waals surface area contributed by atoms with Gasteiger partial charge in [-0.15, -0.1) is 0 Å². The molecule has 33 heavy (non-hydrogen) atoms. The lowest BCUT2D eigenvalue weighted by Gasteiger charge is -2.25. The monoisotopic (exact) mass is 446 g/mol. The average molecular weight is 447 g/mol. The molecule has 174 valence electrons. The van der Waals surface area contributed by atoms with Crippen LogP contribution in [0.1, 0.15) is 18.0 Å². The Kier molecular flexibility index (Phi) is 7.04. The van der Waals surface area contributed by atoms with Gasteiger partial charge in [0, 0.05) is 57.1 Å². The van der Waals surface area contributed by atoms with E-state index in [0.717, 1.165) is 48.7 Å². The minimum atomic E-state index is 0.370. The lowest BCUT2D eigenvalue weighted by molar-refractivity contribution is 0.258. The Morgan fingerprint density at radius 1 is 0.848 bits per heavy atom. The molecule has 1 saturated heterocycles. The van der Waals surface area contributed by atoms with Gasteiger partial charge in [0.2, 0.25) is 5.88 Å². The van der Waals surface area contributed by atoms with Gasteiger partial charge in [0.1, 0.15) is 5.75 Å². The van der Waals surface area contributed by atoms with E-state index in [9.17, 15) is 0 Å². The van der Waals surface area contributed by atoms with Crippen LogP contribution in [0.2, 0.25) is 0 Å². The zero-order valence-electron chi connectivity index (χ0n) is 20.3. The van der Waals surface area contributed by atoms with Gasteiger partial charge in [0.05, 0.1) is 25.6 Å². The van der Waals surface area contributed by atoms with Crippen molar-refractivity contribution in [3.63, 3.8) is 0 Å². The van der Waals surface area contributed by atoms with E-state index in [1.807, 2.05) is 6.07 Å². The molecule has 1 unspecified atom stereocenters. The standard InChI is InChI=1S/C27H34N4O2/c1-29(2)22-10-6-21(7-11-22)27-25(14-15-26(28-27)33-5)31-17-16-24(30(3)18-19-31)20-8-12-23(32-4)13-9-20/h6-15,24H,16-19H2,1-5H3. The highest BCUT2D eigenvalue weighted by Gasteiger charge is 2.25. The molecule has 6 nitrogen and oxygen atoms in total. The van der Waals surface area contributed by atoms with Crippen molar-refractivity contribution in [2.45, 2.75) is 12.5 Å². The van der Waals surface area contributed by atoms with E-state index in [1.54, 1.807) is 14.2 Å². The summed E-state index contributed by atoms with van der Waals surface area (Å²) in [4.78, 5) is 11.9. The quantitative estimate of drug-likeness (QED) is 0.546. The molecule has 0 bridgehead atoms. The first-order valence-electron chi connectivity index (χ1n) is 11.4. The first-order valence-corrected chi connectivity index (χ1v) is 11.4. The second kappa shape index (κ2) is 10.1. The van der Waals surface area contributed by atoms with Crippen molar-refractivity contribution in [3.8, 4) is 22.9 Å². The summed E-state index contributed by atoms with van der Waals surface area (Å²) >= 11 is 0. The Balaban J connectivity index is 1.61. The summed E-state index contributed by atoms with van der Waals surface area (Å²) in [7, 11) is 9.69. The lowest BCUT2D eigenvalue weighted by Crippen LogP contribution is -2.29. The van der Waals surface area contributed by atoms with Gasteiger partial charge in [-0.25, -0.2) is 4.98 Å². The van der Waals surface area contributed by atoms with Crippen LogP contribution < -0.4 is 19.3 Å². The van der Waals surface area contributed by atoms with Crippen molar-refractivity contribution in [3.05, 3.63) is 66.2 Å². The van der Waals surface area contributed by atoms with Crippen LogP contribution in [0, 0.1) is 0 Å². The number of benzene rings is 2. The van der Waals surface area contributed by atoms with Crippen LogP contribution in [0.3, 0.4) is 0 Å². The highest BCUT2D eigenvalue weighted by molar-refractivity contribution is 5.77. The molecule has 1 aromatic heterocycles. The SMILES string of the molecule is COc1ccc(C2CCN(c3ccc(OC)nc3-c3ccc(N(C)C)cc3)CCN2C)cc1. The molecule has 4 rings (SSSR count). The zero-order chi connectivity index (χ0) is 23.4. The predicted molar refractivity (Wildman–Crippen MR) is 136 cm³/mol. The van der Waals surface area contributed by atoms with E-state index < -0.39 is 0 Å². The normalized spacial score (nSPS) is 16.9. The number of likely N-dealkylation sites (N-methyl/N-ethyl adjacent to an activating group) is 1. The molecular weight excluding hydrogens is 412 g/mol. The van der Waals surface area contributed by atoms with Gasteiger partial charge in [-0.2, -0.15) is 0 Å². The van der Waals surface area contributed by atoms with E-state index in [4.69, 9.17) is 14.5 Å². The minimum Gasteiger partial charge on any atom is -0.497 e. The van der Waals surface area contributed by atoms with E-state index in [0.29, 0.717) is 11.9 Å². The first kappa shape index (κ1) is 22.9. The minimum absolute atomic E-state index is 0.370. The molecule has 6 heteroatoms. The number of hydrogen-bond acceptors (Lipinski definition) is 6. The fourth-order valence-corrected chi connectivity index (χ4v) is 4.47. The van der Waals surface area contributed by atoms with Crippen LogP contribution in [-0.2, 0) is 0 Å². The van der Waals surface area contributed by atoms with Gasteiger partial charge in [0.15, 0.2) is 0 Å². The molecule has 0 aliphatic carbocycles. The van der Waals surface area contributed by atoms with Crippen LogP contribution in [0.4, 0.5) is 11.4 Å². The summed E-state index contributed by atoms with van der Waals surface area (Å²) in [6.07, 6.45) is 1.04. The molecule has 1 aliphatic rings. The van der Waals surface area contributed by atoms with Crippen molar-refractivity contribution >= 4 is 11.4 Å². The summed E-state index contributed by atoms with van der Waals surface area (Å²) in [5, 5.41) is 0. The molecule has 0 N–H and O–H groups in total. The number of anilines is 2. The summed E-state index contributed by atoms with van der Waals surface area (Å²) in [6, 6.07) is 21.5. The predicted octanol–water partition coefficient (Wildman–Crippen LogP) is 4.72. The fraction of sp³-hybridized carbons (Fsp3) is 0.370. The lowest BCUT2D eigenvalue weighted by atomic mass is 10.0. The number of hydrogen-bond donors (Lipinski definition) is 0. The number of aromatic nitrogens is 1. The number of rotatable bonds is 6. The Hall–Kier alpha value is -3.25. The van der Waals surface area contributed by atoms with E-state index in [-0.39, 0.29) is 0 Å². The van der Waals surface area contributed by atoms with Crippen molar-refractivity contribution in [2.24, 2.45) is 0 Å². The van der Waals surface area contributed by atoms with Crippen LogP contribution in [-0.4, -0.2) is 64.9 Å². The smallest absolute Gasteiger partial charge is 0.213 e. The van der Waals surface area contributed by atoms with Crippen molar-refractivity contribution < 1.29 is 9.47 Å². The zero-order valence-corrected chi connectivity index (χ0v) is 20.3. The molecule has 2 heterocycles. The highest BCUT2D eigenvalue weighted by Crippen LogP contribution is 2.35. The maximum Gasteiger partial charge on any atom is 0.213 e. The molecule has 1 fully saturated rings. The number of pyridine rings is 1. The van der Waals surface area contributed by atoms with E-state index >= 15 is 0 Å². The molecule has 2 aromatic carbocycles. The van der Waals surface area contributed by atoms with Crippen molar-refractivity contribution in [1.82, 2.24) is 9.88 Å². The third-order valence-corrected chi connectivity index (χ3v) is 6.48. The molecule has 1 aliphatic heterocycles. The van der Waals surface area contributed by atoms with Crippen LogP contribution in [0.25, 0.3) is 11.3 Å². The highest BCUT2D eigenvalue weighted by atomic mass is 16.5. The Morgan fingerprint density at radius 3 is 2.21 bits per heavy atom. The molecule has 0 spiro atoms. The fourth-order valence-electron chi connectivity index (χ4n) is 4.47. The van der Waals surface area contributed by atoms with Crippen LogP contribution >= 0.6 is 0 Å². The van der Waals surface area contributed by atoms with Crippen molar-refractivity contribution in [1.29, 1.82) is 0 Å². The first-order chi connectivity index (χ1) is 16.0. The third-order valence-electron chi connectivity index (χ3n) is 6.48.